The van der Waals surface area contributed by atoms with Gasteiger partial charge in [-0.3, -0.25) is 9.89 Å². The van der Waals surface area contributed by atoms with Crippen LogP contribution in [-0.4, -0.2) is 62.3 Å². The number of anilines is 1. The van der Waals surface area contributed by atoms with Gasteiger partial charge < -0.3 is 20.1 Å². The SMILES string of the molecule is CCc1noc(CC)c1CNC(=NC)NCCCN1CCN(c2ccccc2F)CC1. The Labute approximate surface area is 184 Å². The minimum atomic E-state index is -0.137. The maximum Gasteiger partial charge on any atom is 0.191 e. The topological polar surface area (TPSA) is 68.9 Å². The second-order valence-electron chi connectivity index (χ2n) is 7.72. The normalized spacial score (nSPS) is 15.4. The van der Waals surface area contributed by atoms with Crippen LogP contribution in [-0.2, 0) is 19.4 Å². The highest BCUT2D eigenvalue weighted by molar-refractivity contribution is 5.79. The lowest BCUT2D eigenvalue weighted by Gasteiger charge is -2.36. The summed E-state index contributed by atoms with van der Waals surface area (Å²) in [5.41, 5.74) is 2.86. The molecular weight excluding hydrogens is 395 g/mol. The number of benzene rings is 1. The largest absolute Gasteiger partial charge is 0.367 e. The van der Waals surface area contributed by atoms with E-state index >= 15 is 0 Å². The molecule has 2 N–H and O–H groups in total. The van der Waals surface area contributed by atoms with Gasteiger partial charge in [0.05, 0.1) is 11.4 Å². The summed E-state index contributed by atoms with van der Waals surface area (Å²) in [6.45, 7) is 10.3. The lowest BCUT2D eigenvalue weighted by atomic mass is 10.1. The number of piperazine rings is 1. The second-order valence-corrected chi connectivity index (χ2v) is 7.72. The highest BCUT2D eigenvalue weighted by atomic mass is 19.1. The third kappa shape index (κ3) is 6.19. The first-order chi connectivity index (χ1) is 15.2. The van der Waals surface area contributed by atoms with Crippen molar-refractivity contribution < 1.29 is 8.91 Å². The molecular formula is C23H35FN6O. The van der Waals surface area contributed by atoms with Crippen LogP contribution in [0.2, 0.25) is 0 Å². The van der Waals surface area contributed by atoms with Crippen LogP contribution in [0.1, 0.15) is 37.3 Å². The van der Waals surface area contributed by atoms with E-state index in [1.807, 2.05) is 12.1 Å². The number of nitrogens with one attached hydrogen (secondary N) is 2. The molecule has 1 saturated heterocycles. The first-order valence-electron chi connectivity index (χ1n) is 11.3. The van der Waals surface area contributed by atoms with Gasteiger partial charge in [-0.25, -0.2) is 4.39 Å². The number of aromatic nitrogens is 1. The molecule has 0 saturated carbocycles. The second kappa shape index (κ2) is 11.7. The Morgan fingerprint density at radius 3 is 2.58 bits per heavy atom. The fourth-order valence-electron chi connectivity index (χ4n) is 3.96. The van der Waals surface area contributed by atoms with E-state index in [4.69, 9.17) is 4.52 Å². The minimum absolute atomic E-state index is 0.137. The average molecular weight is 431 g/mol. The Morgan fingerprint density at radius 1 is 1.13 bits per heavy atom. The molecule has 1 aromatic carbocycles. The molecule has 31 heavy (non-hydrogen) atoms. The number of para-hydroxylation sites is 1. The van der Waals surface area contributed by atoms with Crippen molar-refractivity contribution in [3.63, 3.8) is 0 Å². The average Bonchev–Trinajstić information content (AvgIpc) is 3.21. The summed E-state index contributed by atoms with van der Waals surface area (Å²) in [5, 5.41) is 10.9. The summed E-state index contributed by atoms with van der Waals surface area (Å²) in [6.07, 6.45) is 2.71. The van der Waals surface area contributed by atoms with E-state index in [9.17, 15) is 4.39 Å². The molecule has 0 atom stereocenters. The summed E-state index contributed by atoms with van der Waals surface area (Å²) in [6, 6.07) is 7.03. The van der Waals surface area contributed by atoms with Crippen LogP contribution in [0.4, 0.5) is 10.1 Å². The summed E-state index contributed by atoms with van der Waals surface area (Å²) >= 11 is 0. The third-order valence-electron chi connectivity index (χ3n) is 5.77. The van der Waals surface area contributed by atoms with Crippen molar-refractivity contribution in [3.8, 4) is 0 Å². The number of aliphatic imine (C=N–C) groups is 1. The van der Waals surface area contributed by atoms with Gasteiger partial charge >= 0.3 is 0 Å². The third-order valence-corrected chi connectivity index (χ3v) is 5.77. The Balaban J connectivity index is 1.36. The van der Waals surface area contributed by atoms with Crippen molar-refractivity contribution in [2.45, 2.75) is 39.7 Å². The standard InChI is InChI=1S/C23H35FN6O/c1-4-20-18(22(5-2)31-28-20)17-27-23(25-3)26-11-8-12-29-13-15-30(16-14-29)21-10-7-6-9-19(21)24/h6-7,9-10H,4-5,8,11-17H2,1-3H3,(H2,25,26,27). The van der Waals surface area contributed by atoms with Crippen LogP contribution in [0.15, 0.2) is 33.8 Å². The molecule has 7 nitrogen and oxygen atoms in total. The van der Waals surface area contributed by atoms with E-state index in [0.717, 1.165) is 81.5 Å². The predicted molar refractivity (Wildman–Crippen MR) is 123 cm³/mol. The lowest BCUT2D eigenvalue weighted by Crippen LogP contribution is -2.47. The molecule has 0 aliphatic carbocycles. The molecule has 1 aliphatic rings. The number of hydrogen-bond acceptors (Lipinski definition) is 5. The van der Waals surface area contributed by atoms with Gasteiger partial charge in [-0.05, 0) is 31.5 Å². The highest BCUT2D eigenvalue weighted by Gasteiger charge is 2.19. The fraction of sp³-hybridized carbons (Fsp3) is 0.565. The van der Waals surface area contributed by atoms with Crippen LogP contribution < -0.4 is 15.5 Å². The van der Waals surface area contributed by atoms with Gasteiger partial charge in [-0.2, -0.15) is 0 Å². The summed E-state index contributed by atoms with van der Waals surface area (Å²) in [5.74, 6) is 1.59. The van der Waals surface area contributed by atoms with Gasteiger partial charge in [0.2, 0.25) is 0 Å². The van der Waals surface area contributed by atoms with Crippen molar-refractivity contribution in [3.05, 3.63) is 47.1 Å². The molecule has 0 amide bonds. The zero-order valence-electron chi connectivity index (χ0n) is 19.0. The van der Waals surface area contributed by atoms with E-state index in [1.165, 1.54) is 6.07 Å². The van der Waals surface area contributed by atoms with Crippen molar-refractivity contribution in [2.24, 2.45) is 4.99 Å². The van der Waals surface area contributed by atoms with Crippen molar-refractivity contribution in [2.75, 3.05) is 51.2 Å². The molecule has 1 fully saturated rings. The van der Waals surface area contributed by atoms with Gasteiger partial charge in [0.1, 0.15) is 11.6 Å². The van der Waals surface area contributed by atoms with Gasteiger partial charge in [0, 0.05) is 58.3 Å². The summed E-state index contributed by atoms with van der Waals surface area (Å²) < 4.78 is 19.4. The molecule has 1 aromatic heterocycles. The zero-order valence-corrected chi connectivity index (χ0v) is 19.0. The molecule has 8 heteroatoms. The van der Waals surface area contributed by atoms with E-state index in [1.54, 1.807) is 13.1 Å². The summed E-state index contributed by atoms with van der Waals surface area (Å²) in [4.78, 5) is 8.89. The van der Waals surface area contributed by atoms with Gasteiger partial charge in [0.25, 0.3) is 0 Å². The number of nitrogens with zero attached hydrogens (tertiary/aromatic N) is 4. The number of aryl methyl sites for hydroxylation is 2. The quantitative estimate of drug-likeness (QED) is 0.362. The van der Waals surface area contributed by atoms with Crippen LogP contribution in [0, 0.1) is 5.82 Å². The molecule has 1 aliphatic heterocycles. The van der Waals surface area contributed by atoms with Crippen LogP contribution in [0.25, 0.3) is 0 Å². The van der Waals surface area contributed by atoms with Crippen LogP contribution in [0.3, 0.4) is 0 Å². The van der Waals surface area contributed by atoms with E-state index < -0.39 is 0 Å². The first-order valence-corrected chi connectivity index (χ1v) is 11.3. The first kappa shape index (κ1) is 23.1. The number of halogens is 1. The maximum atomic E-state index is 14.0. The predicted octanol–water partition coefficient (Wildman–Crippen LogP) is 2.82. The van der Waals surface area contributed by atoms with Crippen LogP contribution >= 0.6 is 0 Å². The Bertz CT molecular complexity index is 823. The Kier molecular flexibility index (Phi) is 8.70. The molecule has 2 heterocycles. The van der Waals surface area contributed by atoms with Gasteiger partial charge in [-0.1, -0.05) is 31.1 Å². The van der Waals surface area contributed by atoms with Crippen molar-refractivity contribution in [1.82, 2.24) is 20.7 Å². The van der Waals surface area contributed by atoms with Crippen molar-refractivity contribution in [1.29, 1.82) is 0 Å². The molecule has 0 radical (unpaired) electrons. The maximum absolute atomic E-state index is 14.0. The lowest BCUT2D eigenvalue weighted by molar-refractivity contribution is 0.254. The van der Waals surface area contributed by atoms with Crippen LogP contribution in [0.5, 0.6) is 0 Å². The molecule has 3 rings (SSSR count). The highest BCUT2D eigenvalue weighted by Crippen LogP contribution is 2.20. The van der Waals surface area contributed by atoms with Gasteiger partial charge in [-0.15, -0.1) is 0 Å². The van der Waals surface area contributed by atoms with Crippen molar-refractivity contribution >= 4 is 11.6 Å². The number of guanidine groups is 1. The zero-order chi connectivity index (χ0) is 22.1. The smallest absolute Gasteiger partial charge is 0.191 e. The fourth-order valence-corrected chi connectivity index (χ4v) is 3.96. The van der Waals surface area contributed by atoms with E-state index in [-0.39, 0.29) is 5.82 Å². The molecule has 2 aromatic rings. The van der Waals surface area contributed by atoms with Gasteiger partial charge in [0.15, 0.2) is 5.96 Å². The molecule has 0 spiro atoms. The molecule has 0 bridgehead atoms. The number of hydrogen-bond donors (Lipinski definition) is 2. The summed E-state index contributed by atoms with van der Waals surface area (Å²) in [7, 11) is 1.78. The minimum Gasteiger partial charge on any atom is -0.367 e. The van der Waals surface area contributed by atoms with E-state index in [0.29, 0.717) is 12.2 Å². The molecule has 0 unspecified atom stereocenters. The monoisotopic (exact) mass is 430 g/mol. The Hall–Kier alpha value is -2.61. The number of rotatable bonds is 9. The Morgan fingerprint density at radius 2 is 1.90 bits per heavy atom. The molecule has 170 valence electrons. The van der Waals surface area contributed by atoms with E-state index in [2.05, 4.69) is 44.4 Å².